The van der Waals surface area contributed by atoms with Gasteiger partial charge in [0, 0.05) is 43.8 Å². The Kier molecular flexibility index (Phi) is 11.8. The number of hydrogen-bond donors (Lipinski definition) is 3. The summed E-state index contributed by atoms with van der Waals surface area (Å²) in [5, 5.41) is 13.9. The molecule has 0 spiro atoms. The molecule has 2 aromatic rings. The molecule has 2 aromatic carbocycles. The molecular weight excluding hydrogens is 592 g/mol. The van der Waals surface area contributed by atoms with Crippen LogP contribution in [0.15, 0.2) is 24.3 Å². The molecule has 0 fully saturated rings. The van der Waals surface area contributed by atoms with Crippen LogP contribution >= 0.6 is 17.0 Å². The zero-order chi connectivity index (χ0) is 29.6. The minimum absolute atomic E-state index is 0. The van der Waals surface area contributed by atoms with Crippen LogP contribution in [0.25, 0.3) is 0 Å². The van der Waals surface area contributed by atoms with Crippen LogP contribution in [0.3, 0.4) is 0 Å². The number of nitrogens with zero attached hydrogens (tertiary/aromatic N) is 1. The number of hydrogen-bond acceptors (Lipinski definition) is 7. The van der Waals surface area contributed by atoms with E-state index >= 15 is 0 Å². The summed E-state index contributed by atoms with van der Waals surface area (Å²) in [4.78, 5) is 39.3. The highest BCUT2D eigenvalue weighted by Crippen LogP contribution is 2.40. The highest BCUT2D eigenvalue weighted by atomic mass is 79.9. The molecule has 1 heterocycles. The van der Waals surface area contributed by atoms with Crippen LogP contribution in [0.2, 0.25) is 0 Å². The second-order valence-electron chi connectivity index (χ2n) is 10.6. The lowest BCUT2D eigenvalue weighted by molar-refractivity contribution is -0.120. The average molecular weight is 634 g/mol. The molecule has 224 valence electrons. The maximum atomic E-state index is 13.6. The molecule has 0 bridgehead atoms. The van der Waals surface area contributed by atoms with Crippen LogP contribution in [0, 0.1) is 5.41 Å². The van der Waals surface area contributed by atoms with Crippen LogP contribution in [0.5, 0.6) is 17.2 Å². The molecule has 1 aliphatic heterocycles. The number of benzene rings is 2. The van der Waals surface area contributed by atoms with Gasteiger partial charge in [-0.15, -0.1) is 17.0 Å². The summed E-state index contributed by atoms with van der Waals surface area (Å²) in [5.41, 5.74) is 2.68. The number of amidine groups is 1. The van der Waals surface area contributed by atoms with E-state index in [0.29, 0.717) is 59.9 Å². The molecule has 0 radical (unpaired) electrons. The Balaban J connectivity index is 0.00000588. The van der Waals surface area contributed by atoms with E-state index in [2.05, 4.69) is 10.6 Å². The summed E-state index contributed by atoms with van der Waals surface area (Å²) in [7, 11) is 4.70. The minimum Gasteiger partial charge on any atom is -0.493 e. The van der Waals surface area contributed by atoms with Gasteiger partial charge in [0.05, 0.1) is 32.4 Å². The zero-order valence-corrected chi connectivity index (χ0v) is 26.6. The van der Waals surface area contributed by atoms with Gasteiger partial charge in [-0.25, -0.2) is 0 Å². The molecule has 0 aromatic heterocycles. The van der Waals surface area contributed by atoms with Crippen molar-refractivity contribution in [3.05, 3.63) is 52.1 Å². The summed E-state index contributed by atoms with van der Waals surface area (Å²) in [6.07, 6.45) is 0.838. The van der Waals surface area contributed by atoms with Gasteiger partial charge in [-0.05, 0) is 48.6 Å². The maximum absolute atomic E-state index is 13.6. The summed E-state index contributed by atoms with van der Waals surface area (Å²) in [5.74, 6) is 1.06. The van der Waals surface area contributed by atoms with Crippen LogP contribution in [0.1, 0.15) is 77.9 Å². The highest BCUT2D eigenvalue weighted by molar-refractivity contribution is 8.93. The second-order valence-corrected chi connectivity index (χ2v) is 10.6. The molecule has 3 N–H and O–H groups in total. The third-order valence-electron chi connectivity index (χ3n) is 6.72. The molecule has 1 aliphatic rings. The standard InChI is InChI=1S/C30H40N4O6.BrH/c1-8-39-24-14-19-16-34(28(31)20(19)15-21(24)29(37)33-6)17-23(35)18-12-22(30(2,3)4)27(38-7)25(13-18)40-11-9-10-26(36)32-5;/h12-15,31H,8-11,16-17H2,1-7H3,(H,32,36)(H,33,37);1H. The quantitative estimate of drug-likeness (QED) is 0.235. The van der Waals surface area contributed by atoms with E-state index in [4.69, 9.17) is 19.6 Å². The Hall–Kier alpha value is -3.60. The molecule has 11 heteroatoms. The molecule has 41 heavy (non-hydrogen) atoms. The molecule has 0 saturated carbocycles. The van der Waals surface area contributed by atoms with Crippen LogP contribution in [0.4, 0.5) is 0 Å². The zero-order valence-electron chi connectivity index (χ0n) is 24.9. The predicted molar refractivity (Wildman–Crippen MR) is 163 cm³/mol. The monoisotopic (exact) mass is 632 g/mol. The smallest absolute Gasteiger partial charge is 0.254 e. The largest absolute Gasteiger partial charge is 0.493 e. The van der Waals surface area contributed by atoms with Crippen molar-refractivity contribution in [2.75, 3.05) is 41.0 Å². The number of fused-ring (bicyclic) bond motifs is 1. The van der Waals surface area contributed by atoms with Crippen molar-refractivity contribution in [1.82, 2.24) is 15.5 Å². The lowest BCUT2D eigenvalue weighted by Crippen LogP contribution is -2.30. The minimum atomic E-state index is -0.343. The fraction of sp³-hybridized carbons (Fsp3) is 0.467. The normalized spacial score (nSPS) is 12.3. The molecule has 0 atom stereocenters. The number of ketones is 1. The number of carbonyl (C=O) groups excluding carboxylic acids is 3. The number of carbonyl (C=O) groups is 3. The van der Waals surface area contributed by atoms with Crippen molar-refractivity contribution in [2.45, 2.75) is 52.5 Å². The summed E-state index contributed by atoms with van der Waals surface area (Å²) in [6.45, 7) is 8.93. The molecule has 0 saturated heterocycles. The van der Waals surface area contributed by atoms with E-state index in [-0.39, 0.29) is 59.0 Å². The van der Waals surface area contributed by atoms with Crippen molar-refractivity contribution in [1.29, 1.82) is 5.41 Å². The highest BCUT2D eigenvalue weighted by Gasteiger charge is 2.30. The van der Waals surface area contributed by atoms with Crippen LogP contribution < -0.4 is 24.8 Å². The Morgan fingerprint density at radius 3 is 2.32 bits per heavy atom. The van der Waals surface area contributed by atoms with Gasteiger partial charge in [0.1, 0.15) is 11.6 Å². The average Bonchev–Trinajstić information content (AvgIpc) is 3.22. The van der Waals surface area contributed by atoms with Crippen molar-refractivity contribution in [2.24, 2.45) is 0 Å². The Morgan fingerprint density at radius 2 is 1.73 bits per heavy atom. The first-order chi connectivity index (χ1) is 18.9. The van der Waals surface area contributed by atoms with Crippen molar-refractivity contribution in [3.63, 3.8) is 0 Å². The molecule has 3 rings (SSSR count). The lowest BCUT2D eigenvalue weighted by Gasteiger charge is -2.25. The fourth-order valence-corrected chi connectivity index (χ4v) is 4.59. The van der Waals surface area contributed by atoms with Gasteiger partial charge < -0.3 is 29.7 Å². The third kappa shape index (κ3) is 7.78. The first kappa shape index (κ1) is 33.6. The Morgan fingerprint density at radius 1 is 1.02 bits per heavy atom. The van der Waals surface area contributed by atoms with Gasteiger partial charge >= 0.3 is 0 Å². The predicted octanol–water partition coefficient (Wildman–Crippen LogP) is 4.26. The first-order valence-electron chi connectivity index (χ1n) is 13.4. The SMILES string of the molecule is Br.CCOc1cc2c(cc1C(=O)NC)C(=N)N(CC(=O)c1cc(OCCCC(=O)NC)c(OC)c(C(C)(C)C)c1)C2. The van der Waals surface area contributed by atoms with Gasteiger partial charge in [-0.2, -0.15) is 0 Å². The molecule has 2 amide bonds. The van der Waals surface area contributed by atoms with E-state index < -0.39 is 0 Å². The molecule has 10 nitrogen and oxygen atoms in total. The number of Topliss-reactive ketones (excluding diaryl/α,β-unsaturated/α-hetero) is 1. The maximum Gasteiger partial charge on any atom is 0.254 e. The van der Waals surface area contributed by atoms with Gasteiger partial charge in [0.15, 0.2) is 17.3 Å². The summed E-state index contributed by atoms with van der Waals surface area (Å²) < 4.78 is 17.4. The number of halogens is 1. The number of ether oxygens (including phenoxy) is 3. The van der Waals surface area contributed by atoms with Gasteiger partial charge in [-0.1, -0.05) is 20.8 Å². The summed E-state index contributed by atoms with van der Waals surface area (Å²) >= 11 is 0. The van der Waals surface area contributed by atoms with E-state index in [1.807, 2.05) is 33.8 Å². The topological polar surface area (TPSA) is 130 Å². The first-order valence-corrected chi connectivity index (χ1v) is 13.4. The summed E-state index contributed by atoms with van der Waals surface area (Å²) in [6, 6.07) is 6.92. The second kappa shape index (κ2) is 14.3. The third-order valence-corrected chi connectivity index (χ3v) is 6.72. The van der Waals surface area contributed by atoms with Crippen molar-refractivity contribution >= 4 is 40.4 Å². The molecular formula is C30H41BrN4O6. The van der Waals surface area contributed by atoms with E-state index in [1.165, 1.54) is 0 Å². The Bertz CT molecular complexity index is 1300. The lowest BCUT2D eigenvalue weighted by atomic mass is 9.84. The van der Waals surface area contributed by atoms with Gasteiger partial charge in [-0.3, -0.25) is 19.8 Å². The number of methoxy groups -OCH3 is 1. The molecule has 0 aliphatic carbocycles. The number of amides is 2. The van der Waals surface area contributed by atoms with Crippen LogP contribution in [-0.4, -0.2) is 69.3 Å². The number of nitrogens with one attached hydrogen (secondary N) is 3. The van der Waals surface area contributed by atoms with E-state index in [0.717, 1.165) is 11.1 Å². The number of rotatable bonds is 12. The van der Waals surface area contributed by atoms with E-state index in [1.54, 1.807) is 44.3 Å². The van der Waals surface area contributed by atoms with Crippen molar-refractivity contribution in [3.8, 4) is 17.2 Å². The van der Waals surface area contributed by atoms with Gasteiger partial charge in [0.25, 0.3) is 5.91 Å². The molecule has 0 unspecified atom stereocenters. The fourth-order valence-electron chi connectivity index (χ4n) is 4.59. The van der Waals surface area contributed by atoms with Crippen LogP contribution in [-0.2, 0) is 16.8 Å². The van der Waals surface area contributed by atoms with Gasteiger partial charge in [0.2, 0.25) is 5.91 Å². The van der Waals surface area contributed by atoms with E-state index in [9.17, 15) is 14.4 Å². The Labute approximate surface area is 252 Å². The van der Waals surface area contributed by atoms with Crippen molar-refractivity contribution < 1.29 is 28.6 Å².